The Balaban J connectivity index is 2.05. The van der Waals surface area contributed by atoms with Crippen molar-refractivity contribution in [3.05, 3.63) is 58.0 Å². The molecule has 0 heterocycles. The molecule has 0 bridgehead atoms. The van der Waals surface area contributed by atoms with E-state index in [1.54, 1.807) is 16.7 Å². The lowest BCUT2D eigenvalue weighted by molar-refractivity contribution is -0.00802. The fraction of sp³-hybridized carbons (Fsp3) is 0.407. The smallest absolute Gasteiger partial charge is 0.00826 e. The Morgan fingerprint density at radius 3 is 1.96 bits per heavy atom. The summed E-state index contributed by atoms with van der Waals surface area (Å²) in [4.78, 5) is 0. The highest BCUT2D eigenvalue weighted by Gasteiger charge is 2.64. The van der Waals surface area contributed by atoms with Crippen molar-refractivity contribution in [2.75, 3.05) is 0 Å². The second kappa shape index (κ2) is 4.02. The van der Waals surface area contributed by atoms with E-state index in [9.17, 15) is 0 Å². The molecule has 6 rings (SSSR count). The summed E-state index contributed by atoms with van der Waals surface area (Å²) >= 11 is 0. The highest BCUT2D eigenvalue weighted by molar-refractivity contribution is 6.19. The van der Waals surface area contributed by atoms with Crippen LogP contribution in [0.15, 0.2) is 36.4 Å². The quantitative estimate of drug-likeness (QED) is 0.459. The van der Waals surface area contributed by atoms with E-state index >= 15 is 0 Å². The summed E-state index contributed by atoms with van der Waals surface area (Å²) < 4.78 is 0. The highest BCUT2D eigenvalue weighted by Crippen LogP contribution is 2.70. The van der Waals surface area contributed by atoms with Crippen LogP contribution in [0, 0.1) is 16.2 Å². The first-order valence-corrected chi connectivity index (χ1v) is 10.3. The van der Waals surface area contributed by atoms with E-state index in [0.717, 1.165) is 0 Å². The molecule has 0 heteroatoms. The Morgan fingerprint density at radius 1 is 0.667 bits per heavy atom. The first-order valence-electron chi connectivity index (χ1n) is 10.3. The normalized spacial score (nSPS) is 27.6. The van der Waals surface area contributed by atoms with Crippen LogP contribution < -0.4 is 10.4 Å². The zero-order chi connectivity index (χ0) is 19.1. The van der Waals surface area contributed by atoms with Crippen LogP contribution >= 0.6 is 0 Å². The topological polar surface area (TPSA) is 0 Å². The van der Waals surface area contributed by atoms with Crippen molar-refractivity contribution in [2.45, 2.75) is 53.9 Å². The number of rotatable bonds is 0. The van der Waals surface area contributed by atoms with E-state index in [2.05, 4.69) is 90.9 Å². The van der Waals surface area contributed by atoms with Gasteiger partial charge in [0.2, 0.25) is 0 Å². The van der Waals surface area contributed by atoms with Crippen molar-refractivity contribution in [3.8, 4) is 0 Å². The second-order valence-electron chi connectivity index (χ2n) is 10.9. The zero-order valence-electron chi connectivity index (χ0n) is 17.5. The van der Waals surface area contributed by atoms with Crippen molar-refractivity contribution in [1.29, 1.82) is 0 Å². The third-order valence-electron chi connectivity index (χ3n) is 9.49. The van der Waals surface area contributed by atoms with Crippen LogP contribution in [-0.4, -0.2) is 0 Å². The molecule has 0 aromatic heterocycles. The monoisotopic (exact) mass is 352 g/mol. The van der Waals surface area contributed by atoms with Gasteiger partial charge < -0.3 is 0 Å². The third kappa shape index (κ3) is 1.33. The lowest BCUT2D eigenvalue weighted by Crippen LogP contribution is -2.61. The van der Waals surface area contributed by atoms with E-state index in [4.69, 9.17) is 0 Å². The molecular weight excluding hydrogens is 324 g/mol. The summed E-state index contributed by atoms with van der Waals surface area (Å²) in [7, 11) is 0. The van der Waals surface area contributed by atoms with Gasteiger partial charge in [0.1, 0.15) is 0 Å². The lowest BCUT2D eigenvalue weighted by atomic mass is 9.39. The van der Waals surface area contributed by atoms with Crippen molar-refractivity contribution in [1.82, 2.24) is 0 Å². The maximum absolute atomic E-state index is 2.57. The van der Waals surface area contributed by atoms with Crippen LogP contribution in [0.5, 0.6) is 0 Å². The molecule has 27 heavy (non-hydrogen) atoms. The minimum Gasteiger partial charge on any atom is -0.0701 e. The maximum Gasteiger partial charge on any atom is 0.00826 e. The number of hydrogen-bond acceptors (Lipinski definition) is 0. The van der Waals surface area contributed by atoms with Gasteiger partial charge in [0, 0.05) is 5.41 Å². The second-order valence-corrected chi connectivity index (χ2v) is 10.9. The van der Waals surface area contributed by atoms with Crippen molar-refractivity contribution in [2.24, 2.45) is 16.2 Å². The van der Waals surface area contributed by atoms with Crippen molar-refractivity contribution >= 4 is 33.2 Å². The molecule has 0 N–H and O–H groups in total. The predicted molar refractivity (Wildman–Crippen MR) is 116 cm³/mol. The summed E-state index contributed by atoms with van der Waals surface area (Å²) in [5.41, 5.74) is 5.12. The van der Waals surface area contributed by atoms with Crippen LogP contribution in [0.25, 0.3) is 33.2 Å². The van der Waals surface area contributed by atoms with E-state index in [0.29, 0.717) is 0 Å². The molecule has 0 spiro atoms. The average molecular weight is 353 g/mol. The Labute approximate surface area is 161 Å². The van der Waals surface area contributed by atoms with Crippen LogP contribution in [0.4, 0.5) is 0 Å². The molecule has 0 fully saturated rings. The summed E-state index contributed by atoms with van der Waals surface area (Å²) in [6.45, 7) is 17.4. The molecule has 3 aromatic rings. The van der Waals surface area contributed by atoms with Gasteiger partial charge in [0.25, 0.3) is 0 Å². The molecule has 1 unspecified atom stereocenters. The van der Waals surface area contributed by atoms with Crippen LogP contribution in [0.2, 0.25) is 0 Å². The van der Waals surface area contributed by atoms with Gasteiger partial charge in [-0.05, 0) is 64.9 Å². The van der Waals surface area contributed by atoms with E-state index < -0.39 is 0 Å². The summed E-state index contributed by atoms with van der Waals surface area (Å²) in [5, 5.41) is 8.77. The molecule has 0 saturated carbocycles. The van der Waals surface area contributed by atoms with Gasteiger partial charge in [-0.25, -0.2) is 0 Å². The zero-order valence-corrected chi connectivity index (χ0v) is 17.5. The van der Waals surface area contributed by atoms with Crippen LogP contribution in [0.3, 0.4) is 0 Å². The minimum atomic E-state index is 0.0745. The van der Waals surface area contributed by atoms with Crippen molar-refractivity contribution in [3.63, 3.8) is 0 Å². The van der Waals surface area contributed by atoms with Gasteiger partial charge >= 0.3 is 0 Å². The first kappa shape index (κ1) is 15.9. The van der Waals surface area contributed by atoms with Gasteiger partial charge in [0.05, 0.1) is 0 Å². The number of hydrogen-bond donors (Lipinski definition) is 0. The Kier molecular flexibility index (Phi) is 2.37. The fourth-order valence-corrected chi connectivity index (χ4v) is 6.98. The fourth-order valence-electron chi connectivity index (χ4n) is 6.98. The van der Waals surface area contributed by atoms with E-state index in [1.807, 2.05) is 0 Å². The molecule has 0 amide bonds. The molecule has 0 nitrogen and oxygen atoms in total. The lowest BCUT2D eigenvalue weighted by Gasteiger charge is -2.64. The molecule has 3 aromatic carbocycles. The molecule has 136 valence electrons. The maximum atomic E-state index is 2.57. The first-order chi connectivity index (χ1) is 12.5. The van der Waals surface area contributed by atoms with Crippen LogP contribution in [0.1, 0.15) is 59.6 Å². The molecule has 0 radical (unpaired) electrons. The van der Waals surface area contributed by atoms with Gasteiger partial charge in [-0.3, -0.25) is 0 Å². The standard InChI is InChI=1S/C27H28/c1-24(2)14-17-11-10-15-8-9-16-12-13-18-22-20(16)19(15)21(17)23(22)27(24,7)26(5,6)25(18,3)4/h8-14H,1-7H3. The third-order valence-corrected chi connectivity index (χ3v) is 9.49. The minimum absolute atomic E-state index is 0.0745. The molecule has 0 aliphatic heterocycles. The highest BCUT2D eigenvalue weighted by atomic mass is 14.7. The SMILES string of the molecule is CC1(C)C=c2ccc3ccc4ccc5c6c4c3c2=C6C1(C)C(C)(C)C5(C)C. The van der Waals surface area contributed by atoms with E-state index in [1.165, 1.54) is 32.0 Å². The van der Waals surface area contributed by atoms with Gasteiger partial charge in [0.15, 0.2) is 0 Å². The average Bonchev–Trinajstić information content (AvgIpc) is 2.96. The summed E-state index contributed by atoms with van der Waals surface area (Å²) in [6, 6.07) is 14.1. The van der Waals surface area contributed by atoms with Gasteiger partial charge in [-0.15, -0.1) is 0 Å². The summed E-state index contributed by atoms with van der Waals surface area (Å²) in [6.07, 6.45) is 2.57. The van der Waals surface area contributed by atoms with E-state index in [-0.39, 0.29) is 21.7 Å². The molecular formula is C27H28. The Bertz CT molecular complexity index is 1340. The molecule has 3 aliphatic rings. The number of benzene rings is 3. The van der Waals surface area contributed by atoms with Gasteiger partial charge in [-0.1, -0.05) is 90.9 Å². The van der Waals surface area contributed by atoms with Gasteiger partial charge in [-0.2, -0.15) is 0 Å². The summed E-state index contributed by atoms with van der Waals surface area (Å²) in [5.74, 6) is 0. The Hall–Kier alpha value is -2.08. The molecule has 0 saturated heterocycles. The predicted octanol–water partition coefficient (Wildman–Crippen LogP) is 5.65. The Morgan fingerprint density at radius 2 is 1.26 bits per heavy atom. The van der Waals surface area contributed by atoms with Crippen molar-refractivity contribution < 1.29 is 0 Å². The molecule has 3 aliphatic carbocycles. The largest absolute Gasteiger partial charge is 0.0701 e. The van der Waals surface area contributed by atoms with Crippen LogP contribution in [-0.2, 0) is 5.41 Å². The molecule has 1 atom stereocenters.